The molecule has 0 aliphatic rings. The Morgan fingerprint density at radius 2 is 1.83 bits per heavy atom. The van der Waals surface area contributed by atoms with Crippen LogP contribution in [0.15, 0.2) is 42.6 Å². The first-order valence-electron chi connectivity index (χ1n) is 6.10. The van der Waals surface area contributed by atoms with Gasteiger partial charge < -0.3 is 9.94 Å². The minimum absolute atomic E-state index is 0.493. The summed E-state index contributed by atoms with van der Waals surface area (Å²) in [5.41, 5.74) is 3.11. The molecule has 0 atom stereocenters. The Balaban J connectivity index is 2.09. The van der Waals surface area contributed by atoms with Gasteiger partial charge in [-0.15, -0.1) is 0 Å². The third-order valence-corrected chi connectivity index (χ3v) is 2.97. The number of ether oxygens (including phenoxy) is 1. The lowest BCUT2D eigenvalue weighted by atomic mass is 10.1. The summed E-state index contributed by atoms with van der Waals surface area (Å²) in [6, 6.07) is 11.8. The summed E-state index contributed by atoms with van der Waals surface area (Å²) in [5, 5.41) is 11.4. The molecule has 0 amide bonds. The lowest BCUT2D eigenvalue weighted by Gasteiger charge is -2.09. The molecule has 2 aromatic rings. The highest BCUT2D eigenvalue weighted by molar-refractivity contribution is 5.27. The highest BCUT2D eigenvalue weighted by atomic mass is 16.5. The molecule has 18 heavy (non-hydrogen) atoms. The average molecular weight is 243 g/mol. The van der Waals surface area contributed by atoms with Crippen LogP contribution in [-0.2, 0) is 13.0 Å². The molecule has 1 aromatic heterocycles. The van der Waals surface area contributed by atoms with Gasteiger partial charge in [0.1, 0.15) is 6.61 Å². The van der Waals surface area contributed by atoms with E-state index in [1.807, 2.05) is 18.2 Å². The van der Waals surface area contributed by atoms with Gasteiger partial charge in [-0.1, -0.05) is 31.2 Å². The van der Waals surface area contributed by atoms with Crippen LogP contribution in [0.3, 0.4) is 0 Å². The second-order valence-electron chi connectivity index (χ2n) is 4.24. The highest BCUT2D eigenvalue weighted by Crippen LogP contribution is 2.14. The Bertz CT molecular complexity index is 538. The van der Waals surface area contributed by atoms with E-state index in [1.54, 1.807) is 13.0 Å². The van der Waals surface area contributed by atoms with Crippen LogP contribution in [-0.4, -0.2) is 0 Å². The van der Waals surface area contributed by atoms with Gasteiger partial charge in [-0.25, -0.2) is 0 Å². The molecule has 3 heteroatoms. The zero-order valence-corrected chi connectivity index (χ0v) is 10.7. The van der Waals surface area contributed by atoms with Crippen LogP contribution >= 0.6 is 0 Å². The van der Waals surface area contributed by atoms with E-state index in [0.29, 0.717) is 18.1 Å². The van der Waals surface area contributed by atoms with Crippen LogP contribution in [0.4, 0.5) is 0 Å². The minimum Gasteiger partial charge on any atom is -0.618 e. The zero-order chi connectivity index (χ0) is 13.0. The third kappa shape index (κ3) is 2.80. The molecule has 94 valence electrons. The number of nitrogens with zero attached hydrogens (tertiary/aromatic N) is 1. The lowest BCUT2D eigenvalue weighted by Crippen LogP contribution is -2.29. The Labute approximate surface area is 107 Å². The molecule has 3 nitrogen and oxygen atoms in total. The maximum Gasteiger partial charge on any atom is 0.222 e. The van der Waals surface area contributed by atoms with E-state index in [9.17, 15) is 5.21 Å². The number of benzene rings is 1. The maximum atomic E-state index is 11.4. The average Bonchev–Trinajstić information content (AvgIpc) is 2.40. The van der Waals surface area contributed by atoms with Crippen LogP contribution in [0.1, 0.15) is 23.7 Å². The normalized spacial score (nSPS) is 10.3. The van der Waals surface area contributed by atoms with Gasteiger partial charge in [0.05, 0.1) is 0 Å². The molecule has 0 fully saturated rings. The molecule has 0 unspecified atom stereocenters. The molecule has 0 radical (unpaired) electrons. The van der Waals surface area contributed by atoms with E-state index in [2.05, 4.69) is 19.1 Å². The van der Waals surface area contributed by atoms with Crippen molar-refractivity contribution in [2.45, 2.75) is 26.9 Å². The Hall–Kier alpha value is -2.03. The zero-order valence-electron chi connectivity index (χ0n) is 10.7. The van der Waals surface area contributed by atoms with Crippen molar-refractivity contribution in [1.82, 2.24) is 0 Å². The molecule has 1 heterocycles. The molecular weight excluding hydrogens is 226 g/mol. The van der Waals surface area contributed by atoms with Gasteiger partial charge in [0.25, 0.3) is 0 Å². The summed E-state index contributed by atoms with van der Waals surface area (Å²) in [6.45, 7) is 4.38. The minimum atomic E-state index is 0.493. The monoisotopic (exact) mass is 243 g/mol. The first kappa shape index (κ1) is 12.4. The molecule has 0 saturated carbocycles. The van der Waals surface area contributed by atoms with Crippen molar-refractivity contribution < 1.29 is 9.47 Å². The Kier molecular flexibility index (Phi) is 3.82. The molecule has 0 spiro atoms. The topological polar surface area (TPSA) is 36.2 Å². The molecule has 1 aromatic carbocycles. The van der Waals surface area contributed by atoms with E-state index < -0.39 is 0 Å². The Morgan fingerprint density at radius 1 is 1.11 bits per heavy atom. The van der Waals surface area contributed by atoms with Crippen molar-refractivity contribution in [2.24, 2.45) is 0 Å². The molecule has 0 aliphatic carbocycles. The quantitative estimate of drug-likeness (QED) is 0.611. The van der Waals surface area contributed by atoms with E-state index in [-0.39, 0.29) is 0 Å². The van der Waals surface area contributed by atoms with Crippen molar-refractivity contribution in [1.29, 1.82) is 0 Å². The Morgan fingerprint density at radius 3 is 2.50 bits per heavy atom. The highest BCUT2D eigenvalue weighted by Gasteiger charge is 2.04. The predicted molar refractivity (Wildman–Crippen MR) is 70.3 cm³/mol. The summed E-state index contributed by atoms with van der Waals surface area (Å²) in [4.78, 5) is 0. The first-order chi connectivity index (χ1) is 8.70. The fourth-order valence-electron chi connectivity index (χ4n) is 1.83. The smallest absolute Gasteiger partial charge is 0.222 e. The number of aryl methyl sites for hydroxylation is 2. The summed E-state index contributed by atoms with van der Waals surface area (Å²) in [6.07, 6.45) is 2.44. The van der Waals surface area contributed by atoms with Gasteiger partial charge in [0.2, 0.25) is 6.20 Å². The number of hydrogen-bond donors (Lipinski definition) is 0. The maximum absolute atomic E-state index is 11.4. The second kappa shape index (κ2) is 5.54. The summed E-state index contributed by atoms with van der Waals surface area (Å²) in [5.74, 6) is 0.599. The molecule has 0 aliphatic heterocycles. The number of aromatic nitrogens is 1. The van der Waals surface area contributed by atoms with E-state index in [1.165, 1.54) is 11.8 Å². The van der Waals surface area contributed by atoms with Crippen molar-refractivity contribution >= 4 is 0 Å². The van der Waals surface area contributed by atoms with Crippen LogP contribution < -0.4 is 9.47 Å². The van der Waals surface area contributed by atoms with Crippen molar-refractivity contribution in [3.63, 3.8) is 0 Å². The van der Waals surface area contributed by atoms with Crippen molar-refractivity contribution in [2.75, 3.05) is 0 Å². The van der Waals surface area contributed by atoms with Crippen LogP contribution in [0, 0.1) is 12.1 Å². The summed E-state index contributed by atoms with van der Waals surface area (Å²) in [7, 11) is 0. The van der Waals surface area contributed by atoms with Gasteiger partial charge in [-0.2, -0.15) is 4.73 Å². The van der Waals surface area contributed by atoms with Gasteiger partial charge in [-0.3, -0.25) is 0 Å². The van der Waals surface area contributed by atoms with Gasteiger partial charge in [0, 0.05) is 13.0 Å². The van der Waals surface area contributed by atoms with Crippen molar-refractivity contribution in [3.05, 3.63) is 64.6 Å². The second-order valence-corrected chi connectivity index (χ2v) is 4.24. The van der Waals surface area contributed by atoms with Crippen LogP contribution in [0.5, 0.6) is 5.75 Å². The predicted octanol–water partition coefficient (Wildman–Crippen LogP) is 2.77. The molecule has 0 bridgehead atoms. The molecule has 2 rings (SSSR count). The standard InChI is InChI=1S/C15H17NO2/c1-3-13-6-4-5-7-14(13)11-18-15-9-8-12(2)16(17)10-15/h4-10H,3,11H2,1-2H3. The summed E-state index contributed by atoms with van der Waals surface area (Å²) >= 11 is 0. The fourth-order valence-corrected chi connectivity index (χ4v) is 1.83. The van der Waals surface area contributed by atoms with E-state index in [0.717, 1.165) is 16.7 Å². The first-order valence-corrected chi connectivity index (χ1v) is 6.10. The fraction of sp³-hybridized carbons (Fsp3) is 0.267. The third-order valence-electron chi connectivity index (χ3n) is 2.97. The van der Waals surface area contributed by atoms with Gasteiger partial charge >= 0.3 is 0 Å². The molecular formula is C15H17NO2. The SMILES string of the molecule is CCc1ccccc1COc1ccc(C)[n+]([O-])c1. The summed E-state index contributed by atoms with van der Waals surface area (Å²) < 4.78 is 6.47. The largest absolute Gasteiger partial charge is 0.618 e. The lowest BCUT2D eigenvalue weighted by molar-refractivity contribution is -0.612. The van der Waals surface area contributed by atoms with Crippen LogP contribution in [0.2, 0.25) is 0 Å². The van der Waals surface area contributed by atoms with Gasteiger partial charge in [0.15, 0.2) is 11.4 Å². The van der Waals surface area contributed by atoms with E-state index >= 15 is 0 Å². The molecule has 0 N–H and O–H groups in total. The van der Waals surface area contributed by atoms with Crippen LogP contribution in [0.25, 0.3) is 0 Å². The number of pyridine rings is 1. The molecule has 0 saturated heterocycles. The van der Waals surface area contributed by atoms with Crippen molar-refractivity contribution in [3.8, 4) is 5.75 Å². The van der Waals surface area contributed by atoms with Gasteiger partial charge in [-0.05, 0) is 23.6 Å². The number of rotatable bonds is 4. The van der Waals surface area contributed by atoms with E-state index in [4.69, 9.17) is 4.74 Å². The number of hydrogen-bond acceptors (Lipinski definition) is 2.